The van der Waals surface area contributed by atoms with Crippen molar-refractivity contribution in [2.45, 2.75) is 25.9 Å². The molecule has 2 rings (SSSR count). The first kappa shape index (κ1) is 18.0. The molecule has 1 amide bonds. The molecule has 0 aliphatic rings. The lowest BCUT2D eigenvalue weighted by atomic mass is 10.1. The van der Waals surface area contributed by atoms with E-state index in [1.54, 1.807) is 0 Å². The van der Waals surface area contributed by atoms with E-state index in [9.17, 15) is 4.79 Å². The molecule has 2 N–H and O–H groups in total. The van der Waals surface area contributed by atoms with E-state index in [1.165, 1.54) is 0 Å². The van der Waals surface area contributed by atoms with Crippen LogP contribution in [0.2, 0.25) is 5.02 Å². The van der Waals surface area contributed by atoms with Crippen LogP contribution in [0.4, 0.5) is 0 Å². The number of nitrogens with one attached hydrogen (secondary N) is 2. The van der Waals surface area contributed by atoms with Gasteiger partial charge in [0.1, 0.15) is 0 Å². The quantitative estimate of drug-likeness (QED) is 0.748. The van der Waals surface area contributed by atoms with Crippen LogP contribution < -0.4 is 10.6 Å². The maximum absolute atomic E-state index is 12.1. The Morgan fingerprint density at radius 1 is 1.00 bits per heavy atom. The lowest BCUT2D eigenvalue weighted by molar-refractivity contribution is -0.121. The molecular weight excluding hydrogens is 376 g/mol. The minimum atomic E-state index is -0.0266. The molecule has 0 aromatic heterocycles. The molecule has 0 radical (unpaired) electrons. The zero-order valence-corrected chi connectivity index (χ0v) is 15.5. The maximum Gasteiger partial charge on any atom is 0.234 e. The van der Waals surface area contributed by atoms with Crippen LogP contribution in [-0.4, -0.2) is 12.5 Å². The van der Waals surface area contributed by atoms with Crippen LogP contribution >= 0.6 is 27.5 Å². The number of benzene rings is 2. The summed E-state index contributed by atoms with van der Waals surface area (Å²) in [6.45, 7) is 4.27. The highest BCUT2D eigenvalue weighted by Gasteiger charge is 2.11. The lowest BCUT2D eigenvalue weighted by Gasteiger charge is -2.17. The molecule has 2 atom stereocenters. The third-order valence-electron chi connectivity index (χ3n) is 3.69. The van der Waals surface area contributed by atoms with E-state index >= 15 is 0 Å². The van der Waals surface area contributed by atoms with Crippen molar-refractivity contribution in [1.29, 1.82) is 0 Å². The number of rotatable bonds is 6. The van der Waals surface area contributed by atoms with Crippen LogP contribution in [0.5, 0.6) is 0 Å². The number of carbonyl (C=O) groups is 1. The second-order valence-corrected chi connectivity index (χ2v) is 6.85. The molecule has 0 spiro atoms. The van der Waals surface area contributed by atoms with E-state index in [4.69, 9.17) is 11.6 Å². The molecule has 0 saturated heterocycles. The Hall–Kier alpha value is -1.36. The van der Waals surface area contributed by atoms with Crippen molar-refractivity contribution < 1.29 is 4.79 Å². The van der Waals surface area contributed by atoms with Gasteiger partial charge < -0.3 is 10.6 Å². The van der Waals surface area contributed by atoms with Crippen molar-refractivity contribution in [3.8, 4) is 0 Å². The van der Waals surface area contributed by atoms with E-state index < -0.39 is 0 Å². The number of amides is 1. The Morgan fingerprint density at radius 3 is 2.13 bits per heavy atom. The first-order valence-corrected chi connectivity index (χ1v) is 8.66. The van der Waals surface area contributed by atoms with E-state index in [1.807, 2.05) is 62.4 Å². The largest absolute Gasteiger partial charge is 0.348 e. The molecule has 0 fully saturated rings. The Labute approximate surface area is 150 Å². The minimum absolute atomic E-state index is 0.0248. The van der Waals surface area contributed by atoms with Gasteiger partial charge in [0.25, 0.3) is 0 Å². The van der Waals surface area contributed by atoms with E-state index in [0.717, 1.165) is 15.6 Å². The Bertz CT molecular complexity index is 643. The number of hydrogen-bond acceptors (Lipinski definition) is 2. The average Bonchev–Trinajstić information content (AvgIpc) is 2.54. The highest BCUT2D eigenvalue weighted by atomic mass is 79.9. The number of carbonyl (C=O) groups excluding carboxylic acids is 1. The predicted molar refractivity (Wildman–Crippen MR) is 98.6 cm³/mol. The van der Waals surface area contributed by atoms with Gasteiger partial charge in [0, 0.05) is 15.5 Å². The molecule has 0 bridgehead atoms. The van der Waals surface area contributed by atoms with Crippen molar-refractivity contribution in [3.63, 3.8) is 0 Å². The standard InChI is InChI=1S/C18H20BrClN2O/c1-12(14-5-9-17(20)10-6-14)21-11-18(23)22-13(2)15-3-7-16(19)8-4-15/h3-10,12-13,21H,11H2,1-2H3,(H,22,23)/t12-,13-/m0/s1. The van der Waals surface area contributed by atoms with Crippen molar-refractivity contribution >= 4 is 33.4 Å². The van der Waals surface area contributed by atoms with Gasteiger partial charge in [0.05, 0.1) is 12.6 Å². The summed E-state index contributed by atoms with van der Waals surface area (Å²) in [6.07, 6.45) is 0. The van der Waals surface area contributed by atoms with Crippen molar-refractivity contribution in [1.82, 2.24) is 10.6 Å². The van der Waals surface area contributed by atoms with Gasteiger partial charge in [0.2, 0.25) is 5.91 Å². The predicted octanol–water partition coefficient (Wildman–Crippen LogP) is 4.63. The van der Waals surface area contributed by atoms with Crippen molar-refractivity contribution in [2.24, 2.45) is 0 Å². The molecule has 5 heteroatoms. The molecule has 0 aliphatic heterocycles. The summed E-state index contributed by atoms with van der Waals surface area (Å²) < 4.78 is 1.03. The summed E-state index contributed by atoms with van der Waals surface area (Å²) in [5.41, 5.74) is 2.18. The lowest BCUT2D eigenvalue weighted by Crippen LogP contribution is -2.36. The van der Waals surface area contributed by atoms with E-state index in [0.29, 0.717) is 5.02 Å². The third-order valence-corrected chi connectivity index (χ3v) is 4.47. The molecule has 3 nitrogen and oxygen atoms in total. The zero-order valence-electron chi connectivity index (χ0n) is 13.1. The van der Waals surface area contributed by atoms with Gasteiger partial charge in [-0.2, -0.15) is 0 Å². The third kappa shape index (κ3) is 5.65. The first-order chi connectivity index (χ1) is 11.0. The highest BCUT2D eigenvalue weighted by molar-refractivity contribution is 9.10. The van der Waals surface area contributed by atoms with Gasteiger partial charge in [-0.15, -0.1) is 0 Å². The number of hydrogen-bond donors (Lipinski definition) is 2. The van der Waals surface area contributed by atoms with Crippen LogP contribution in [-0.2, 0) is 4.79 Å². The van der Waals surface area contributed by atoms with Crippen LogP contribution in [0.15, 0.2) is 53.0 Å². The fourth-order valence-electron chi connectivity index (χ4n) is 2.24. The Morgan fingerprint density at radius 2 is 1.52 bits per heavy atom. The zero-order chi connectivity index (χ0) is 16.8. The molecule has 0 unspecified atom stereocenters. The summed E-state index contributed by atoms with van der Waals surface area (Å²) >= 11 is 9.29. The molecule has 0 saturated carbocycles. The summed E-state index contributed by atoms with van der Waals surface area (Å²) in [4.78, 5) is 12.1. The van der Waals surface area contributed by atoms with Crippen LogP contribution in [0.1, 0.15) is 37.1 Å². The fourth-order valence-corrected chi connectivity index (χ4v) is 2.63. The van der Waals surface area contributed by atoms with Gasteiger partial charge in [-0.1, -0.05) is 51.8 Å². The monoisotopic (exact) mass is 394 g/mol. The van der Waals surface area contributed by atoms with Crippen molar-refractivity contribution in [2.75, 3.05) is 6.54 Å². The molecular formula is C18H20BrClN2O. The molecule has 0 heterocycles. The van der Waals surface area contributed by atoms with Crippen LogP contribution in [0, 0.1) is 0 Å². The molecule has 2 aromatic rings. The van der Waals surface area contributed by atoms with Crippen LogP contribution in [0.25, 0.3) is 0 Å². The minimum Gasteiger partial charge on any atom is -0.348 e. The summed E-state index contributed by atoms with van der Waals surface area (Å²) in [6, 6.07) is 15.6. The molecule has 23 heavy (non-hydrogen) atoms. The second-order valence-electron chi connectivity index (χ2n) is 5.49. The Kier molecular flexibility index (Phi) is 6.63. The molecule has 122 valence electrons. The summed E-state index contributed by atoms with van der Waals surface area (Å²) in [5, 5.41) is 6.93. The Balaban J connectivity index is 1.82. The van der Waals surface area contributed by atoms with Gasteiger partial charge >= 0.3 is 0 Å². The fraction of sp³-hybridized carbons (Fsp3) is 0.278. The summed E-state index contributed by atoms with van der Waals surface area (Å²) in [7, 11) is 0. The average molecular weight is 396 g/mol. The second kappa shape index (κ2) is 8.48. The maximum atomic E-state index is 12.1. The van der Waals surface area contributed by atoms with Gasteiger partial charge in [0.15, 0.2) is 0 Å². The highest BCUT2D eigenvalue weighted by Crippen LogP contribution is 2.17. The normalized spacial score (nSPS) is 13.4. The topological polar surface area (TPSA) is 41.1 Å². The molecule has 2 aromatic carbocycles. The smallest absolute Gasteiger partial charge is 0.234 e. The van der Waals surface area contributed by atoms with E-state index in [2.05, 4.69) is 26.6 Å². The van der Waals surface area contributed by atoms with E-state index in [-0.39, 0.29) is 24.5 Å². The molecule has 0 aliphatic carbocycles. The number of halogens is 2. The van der Waals surface area contributed by atoms with Gasteiger partial charge in [-0.05, 0) is 49.2 Å². The first-order valence-electron chi connectivity index (χ1n) is 7.49. The SMILES string of the molecule is C[C@H](NCC(=O)N[C@@H](C)c1ccc(Br)cc1)c1ccc(Cl)cc1. The van der Waals surface area contributed by atoms with Gasteiger partial charge in [-0.25, -0.2) is 0 Å². The van der Waals surface area contributed by atoms with Gasteiger partial charge in [-0.3, -0.25) is 4.79 Å². The summed E-state index contributed by atoms with van der Waals surface area (Å²) in [5.74, 6) is -0.0266. The van der Waals surface area contributed by atoms with Crippen molar-refractivity contribution in [3.05, 3.63) is 69.2 Å². The van der Waals surface area contributed by atoms with Crippen LogP contribution in [0.3, 0.4) is 0 Å².